The monoisotopic (exact) mass is 351 g/mol. The van der Waals surface area contributed by atoms with E-state index in [1.54, 1.807) is 24.3 Å². The number of halogens is 3. The van der Waals surface area contributed by atoms with Gasteiger partial charge >= 0.3 is 0 Å². The lowest BCUT2D eigenvalue weighted by atomic mass is 10.2. The summed E-state index contributed by atoms with van der Waals surface area (Å²) in [7, 11) is 0. The maximum absolute atomic E-state index is 14.0. The second kappa shape index (κ2) is 5.21. The lowest BCUT2D eigenvalue weighted by Crippen LogP contribution is -2.06. The molecule has 21 heavy (non-hydrogen) atoms. The van der Waals surface area contributed by atoms with Crippen LogP contribution in [0.5, 0.6) is 0 Å². The molecular formula is C13H8BrF2N5. The van der Waals surface area contributed by atoms with Crippen LogP contribution in [0.25, 0.3) is 17.1 Å². The van der Waals surface area contributed by atoms with Gasteiger partial charge in [-0.25, -0.2) is 8.78 Å². The number of tetrazole rings is 1. The summed E-state index contributed by atoms with van der Waals surface area (Å²) in [5.41, 5.74) is 6.41. The first kappa shape index (κ1) is 13.6. The molecule has 0 aliphatic rings. The molecule has 0 atom stereocenters. The zero-order valence-electron chi connectivity index (χ0n) is 10.5. The van der Waals surface area contributed by atoms with Crippen molar-refractivity contribution in [2.75, 3.05) is 5.73 Å². The van der Waals surface area contributed by atoms with E-state index in [9.17, 15) is 8.78 Å². The van der Waals surface area contributed by atoms with Crippen LogP contribution >= 0.6 is 15.9 Å². The maximum atomic E-state index is 14.0. The summed E-state index contributed by atoms with van der Waals surface area (Å²) in [6.45, 7) is 0. The number of nitrogens with zero attached hydrogens (tertiary/aromatic N) is 4. The van der Waals surface area contributed by atoms with Gasteiger partial charge in [0.05, 0.1) is 0 Å². The standard InChI is InChI=1S/C13H8BrF2N5/c14-8-5-10(15)12(11(16)6-8)21-13(18-19-20-21)7-2-1-3-9(17)4-7/h1-6H,17H2. The molecule has 0 aliphatic carbocycles. The van der Waals surface area contributed by atoms with Crippen LogP contribution < -0.4 is 5.73 Å². The van der Waals surface area contributed by atoms with Crippen molar-refractivity contribution < 1.29 is 8.78 Å². The van der Waals surface area contributed by atoms with Crippen LogP contribution in [-0.4, -0.2) is 20.2 Å². The Balaban J connectivity index is 2.21. The molecule has 0 spiro atoms. The topological polar surface area (TPSA) is 69.6 Å². The maximum Gasteiger partial charge on any atom is 0.187 e. The van der Waals surface area contributed by atoms with Gasteiger partial charge in [0.15, 0.2) is 17.5 Å². The molecule has 0 aliphatic heterocycles. The number of hydrogen-bond donors (Lipinski definition) is 1. The first-order valence-electron chi connectivity index (χ1n) is 5.85. The van der Waals surface area contributed by atoms with E-state index in [1.165, 1.54) is 0 Å². The Kier molecular flexibility index (Phi) is 3.38. The molecule has 0 saturated heterocycles. The fourth-order valence-electron chi connectivity index (χ4n) is 1.93. The predicted octanol–water partition coefficient (Wildman–Crippen LogP) is 2.95. The summed E-state index contributed by atoms with van der Waals surface area (Å²) in [5, 5.41) is 11.0. The van der Waals surface area contributed by atoms with Gasteiger partial charge in [-0.1, -0.05) is 28.1 Å². The molecule has 3 aromatic rings. The first-order chi connectivity index (χ1) is 10.1. The van der Waals surface area contributed by atoms with Crippen LogP contribution in [-0.2, 0) is 0 Å². The zero-order chi connectivity index (χ0) is 15.0. The smallest absolute Gasteiger partial charge is 0.187 e. The van der Waals surface area contributed by atoms with Crippen molar-refractivity contribution >= 4 is 21.6 Å². The summed E-state index contributed by atoms with van der Waals surface area (Å²) in [6, 6.07) is 9.01. The molecule has 106 valence electrons. The summed E-state index contributed by atoms with van der Waals surface area (Å²) < 4.78 is 29.4. The highest BCUT2D eigenvalue weighted by molar-refractivity contribution is 9.10. The highest BCUT2D eigenvalue weighted by Gasteiger charge is 2.19. The summed E-state index contributed by atoms with van der Waals surface area (Å²) in [6.07, 6.45) is 0. The minimum Gasteiger partial charge on any atom is -0.399 e. The average molecular weight is 352 g/mol. The number of aromatic nitrogens is 4. The predicted molar refractivity (Wildman–Crippen MR) is 76.6 cm³/mol. The second-order valence-electron chi connectivity index (χ2n) is 4.26. The minimum absolute atomic E-state index is 0.197. The molecule has 0 unspecified atom stereocenters. The second-order valence-corrected chi connectivity index (χ2v) is 5.17. The summed E-state index contributed by atoms with van der Waals surface area (Å²) in [5.74, 6) is -1.36. The van der Waals surface area contributed by atoms with Gasteiger partial charge in [0.2, 0.25) is 0 Å². The van der Waals surface area contributed by atoms with E-state index in [1.807, 2.05) is 0 Å². The van der Waals surface area contributed by atoms with Gasteiger partial charge in [-0.2, -0.15) is 4.68 Å². The van der Waals surface area contributed by atoms with Gasteiger partial charge in [0.1, 0.15) is 5.69 Å². The molecule has 1 heterocycles. The van der Waals surface area contributed by atoms with Crippen molar-refractivity contribution in [3.8, 4) is 17.1 Å². The quantitative estimate of drug-likeness (QED) is 0.720. The van der Waals surface area contributed by atoms with Crippen molar-refractivity contribution in [3.05, 3.63) is 52.5 Å². The molecule has 0 bridgehead atoms. The lowest BCUT2D eigenvalue weighted by Gasteiger charge is -2.08. The Bertz CT molecular complexity index is 795. The number of anilines is 1. The number of hydrogen-bond acceptors (Lipinski definition) is 4. The summed E-state index contributed by atoms with van der Waals surface area (Å²) >= 11 is 3.03. The third kappa shape index (κ3) is 2.49. The van der Waals surface area contributed by atoms with Gasteiger partial charge in [-0.15, -0.1) is 5.10 Å². The van der Waals surface area contributed by atoms with Crippen LogP contribution in [0.2, 0.25) is 0 Å². The summed E-state index contributed by atoms with van der Waals surface area (Å²) in [4.78, 5) is 0. The van der Waals surface area contributed by atoms with Crippen molar-refractivity contribution in [2.24, 2.45) is 0 Å². The van der Waals surface area contributed by atoms with Crippen LogP contribution in [0.3, 0.4) is 0 Å². The van der Waals surface area contributed by atoms with E-state index in [0.717, 1.165) is 16.8 Å². The van der Waals surface area contributed by atoms with Crippen LogP contribution in [0.15, 0.2) is 40.9 Å². The number of nitrogens with two attached hydrogens (primary N) is 1. The van der Waals surface area contributed by atoms with Gasteiger partial charge < -0.3 is 5.73 Å². The largest absolute Gasteiger partial charge is 0.399 e. The normalized spacial score (nSPS) is 10.8. The fraction of sp³-hybridized carbons (Fsp3) is 0. The van der Waals surface area contributed by atoms with E-state index >= 15 is 0 Å². The Morgan fingerprint density at radius 2 is 1.81 bits per heavy atom. The van der Waals surface area contributed by atoms with E-state index < -0.39 is 11.6 Å². The number of benzene rings is 2. The van der Waals surface area contributed by atoms with Crippen LogP contribution in [0.4, 0.5) is 14.5 Å². The lowest BCUT2D eigenvalue weighted by molar-refractivity contribution is 0.556. The number of rotatable bonds is 2. The van der Waals surface area contributed by atoms with Crippen LogP contribution in [0.1, 0.15) is 0 Å². The first-order valence-corrected chi connectivity index (χ1v) is 6.65. The third-order valence-electron chi connectivity index (χ3n) is 2.81. The molecular weight excluding hydrogens is 344 g/mol. The zero-order valence-corrected chi connectivity index (χ0v) is 12.1. The SMILES string of the molecule is Nc1cccc(-c2nnnn2-c2c(F)cc(Br)cc2F)c1. The Labute approximate surface area is 126 Å². The molecule has 0 amide bonds. The van der Waals surface area contributed by atoms with Crippen molar-refractivity contribution in [1.29, 1.82) is 0 Å². The van der Waals surface area contributed by atoms with Crippen molar-refractivity contribution in [3.63, 3.8) is 0 Å². The third-order valence-corrected chi connectivity index (χ3v) is 3.27. The molecule has 2 N–H and O–H groups in total. The highest BCUT2D eigenvalue weighted by atomic mass is 79.9. The van der Waals surface area contributed by atoms with E-state index in [0.29, 0.717) is 15.7 Å². The van der Waals surface area contributed by atoms with Gasteiger partial charge in [-0.05, 0) is 34.7 Å². The Hall–Kier alpha value is -2.35. The molecule has 8 heteroatoms. The molecule has 5 nitrogen and oxygen atoms in total. The van der Waals surface area contributed by atoms with Gasteiger partial charge in [-0.3, -0.25) is 0 Å². The van der Waals surface area contributed by atoms with Gasteiger partial charge in [0, 0.05) is 15.7 Å². The minimum atomic E-state index is -0.778. The van der Waals surface area contributed by atoms with Crippen LogP contribution in [0, 0.1) is 11.6 Å². The Morgan fingerprint density at radius 1 is 1.10 bits per heavy atom. The average Bonchev–Trinajstić information content (AvgIpc) is 2.86. The fourth-order valence-corrected chi connectivity index (χ4v) is 2.33. The Morgan fingerprint density at radius 3 is 2.48 bits per heavy atom. The van der Waals surface area contributed by atoms with E-state index in [2.05, 4.69) is 31.5 Å². The van der Waals surface area contributed by atoms with Crippen molar-refractivity contribution in [1.82, 2.24) is 20.2 Å². The highest BCUT2D eigenvalue weighted by Crippen LogP contribution is 2.26. The number of nitrogen functional groups attached to an aromatic ring is 1. The molecule has 0 fully saturated rings. The molecule has 1 aromatic heterocycles. The molecule has 2 aromatic carbocycles. The van der Waals surface area contributed by atoms with Gasteiger partial charge in [0.25, 0.3) is 0 Å². The molecule has 0 radical (unpaired) electrons. The van der Waals surface area contributed by atoms with E-state index in [-0.39, 0.29) is 11.5 Å². The molecule has 3 rings (SSSR count). The molecule has 0 saturated carbocycles. The van der Waals surface area contributed by atoms with Crippen molar-refractivity contribution in [2.45, 2.75) is 0 Å². The van der Waals surface area contributed by atoms with E-state index in [4.69, 9.17) is 5.73 Å².